The fourth-order valence-electron chi connectivity index (χ4n) is 4.17. The van der Waals surface area contributed by atoms with Gasteiger partial charge in [0.05, 0.1) is 6.42 Å². The summed E-state index contributed by atoms with van der Waals surface area (Å²) in [6.07, 6.45) is -1.21. The molecule has 0 spiro atoms. The second-order valence-electron chi connectivity index (χ2n) is 10.6. The summed E-state index contributed by atoms with van der Waals surface area (Å²) in [5.41, 5.74) is 6.36. The zero-order valence-electron chi connectivity index (χ0n) is 23.8. The maximum Gasteiger partial charge on any atom is 0.407 e. The van der Waals surface area contributed by atoms with E-state index in [2.05, 4.69) is 10.6 Å². The van der Waals surface area contributed by atoms with Gasteiger partial charge in [0, 0.05) is 24.3 Å². The van der Waals surface area contributed by atoms with Crippen molar-refractivity contribution in [3.05, 3.63) is 65.7 Å². The molecule has 0 aliphatic carbocycles. The average molecular weight is 581 g/mol. The molecule has 224 valence electrons. The van der Waals surface area contributed by atoms with Gasteiger partial charge in [0.2, 0.25) is 17.7 Å². The molecule has 0 radical (unpaired) electrons. The first kappa shape index (κ1) is 31.6. The third kappa shape index (κ3) is 9.61. The number of esters is 1. The largest absolute Gasteiger partial charge is 0.459 e. The van der Waals surface area contributed by atoms with Crippen molar-refractivity contribution >= 4 is 41.3 Å². The van der Waals surface area contributed by atoms with Crippen molar-refractivity contribution in [2.45, 2.75) is 45.4 Å². The van der Waals surface area contributed by atoms with E-state index in [-0.39, 0.29) is 32.1 Å². The number of alkyl carbamates (subject to hydrolysis) is 1. The zero-order valence-corrected chi connectivity index (χ0v) is 23.8. The van der Waals surface area contributed by atoms with Gasteiger partial charge in [-0.05, 0) is 50.6 Å². The Labute approximate surface area is 243 Å². The van der Waals surface area contributed by atoms with Crippen molar-refractivity contribution in [3.63, 3.8) is 0 Å². The van der Waals surface area contributed by atoms with Gasteiger partial charge >= 0.3 is 12.1 Å². The van der Waals surface area contributed by atoms with Crippen LogP contribution in [0.4, 0.5) is 10.5 Å². The summed E-state index contributed by atoms with van der Waals surface area (Å²) >= 11 is 0. The molecular weight excluding hydrogens is 544 g/mol. The standard InChI is InChI=1S/C29H36N6O7/c1-29(2,3)42-25(38)17-34-13-14-35(24(37)16-32-28(40)41-18-19-7-5-4-6-8-19)22(27(34)39)15-23(36)33-21-11-9-20(10-12-21)26(30)31/h4-12,22H,13-18H2,1-3H3,(H3,30,31)(H,32,40)(H,33,36). The van der Waals surface area contributed by atoms with Crippen molar-refractivity contribution in [2.75, 3.05) is 31.5 Å². The van der Waals surface area contributed by atoms with Gasteiger partial charge in [-0.15, -0.1) is 0 Å². The Bertz CT molecular complexity index is 1310. The van der Waals surface area contributed by atoms with Crippen LogP contribution in [0.1, 0.15) is 38.3 Å². The number of anilines is 1. The van der Waals surface area contributed by atoms with E-state index >= 15 is 0 Å². The Morgan fingerprint density at radius 3 is 2.31 bits per heavy atom. The minimum absolute atomic E-state index is 0.0128. The molecule has 5 N–H and O–H groups in total. The van der Waals surface area contributed by atoms with Crippen LogP contribution in [0.3, 0.4) is 0 Å². The van der Waals surface area contributed by atoms with Crippen LogP contribution in [0.25, 0.3) is 0 Å². The highest BCUT2D eigenvalue weighted by Gasteiger charge is 2.39. The molecule has 42 heavy (non-hydrogen) atoms. The predicted octanol–water partition coefficient (Wildman–Crippen LogP) is 1.61. The summed E-state index contributed by atoms with van der Waals surface area (Å²) in [5.74, 6) is -2.50. The number of nitrogens with two attached hydrogens (primary N) is 1. The van der Waals surface area contributed by atoms with E-state index in [4.69, 9.17) is 20.6 Å². The van der Waals surface area contributed by atoms with Crippen molar-refractivity contribution < 1.29 is 33.4 Å². The molecule has 1 unspecified atom stereocenters. The van der Waals surface area contributed by atoms with Gasteiger partial charge in [-0.25, -0.2) is 4.79 Å². The quantitative estimate of drug-likeness (QED) is 0.185. The number of carbonyl (C=O) groups excluding carboxylic acids is 5. The molecule has 1 fully saturated rings. The molecule has 1 heterocycles. The minimum Gasteiger partial charge on any atom is -0.459 e. The van der Waals surface area contributed by atoms with Gasteiger partial charge in [-0.3, -0.25) is 24.6 Å². The molecule has 0 aromatic heterocycles. The first-order valence-corrected chi connectivity index (χ1v) is 13.3. The van der Waals surface area contributed by atoms with E-state index in [1.54, 1.807) is 69.3 Å². The lowest BCUT2D eigenvalue weighted by atomic mass is 10.1. The average Bonchev–Trinajstić information content (AvgIpc) is 2.92. The number of nitrogen functional groups attached to an aromatic ring is 1. The van der Waals surface area contributed by atoms with E-state index in [0.717, 1.165) is 5.56 Å². The Morgan fingerprint density at radius 1 is 1.02 bits per heavy atom. The Morgan fingerprint density at radius 2 is 1.69 bits per heavy atom. The summed E-state index contributed by atoms with van der Waals surface area (Å²) in [5, 5.41) is 12.5. The maximum atomic E-state index is 13.4. The van der Waals surface area contributed by atoms with Crippen LogP contribution >= 0.6 is 0 Å². The zero-order chi connectivity index (χ0) is 30.9. The number of piperazine rings is 1. The van der Waals surface area contributed by atoms with Gasteiger partial charge in [-0.1, -0.05) is 30.3 Å². The minimum atomic E-state index is -1.23. The molecular formula is C29H36N6O7. The van der Waals surface area contributed by atoms with E-state index in [1.165, 1.54) is 9.80 Å². The second kappa shape index (κ2) is 14.1. The molecule has 1 aliphatic heterocycles. The number of hydrogen-bond acceptors (Lipinski definition) is 8. The van der Waals surface area contributed by atoms with Gasteiger partial charge in [0.25, 0.3) is 0 Å². The molecule has 1 atom stereocenters. The number of hydrogen-bond donors (Lipinski definition) is 4. The number of ether oxygens (including phenoxy) is 2. The fourth-order valence-corrected chi connectivity index (χ4v) is 4.17. The summed E-state index contributed by atoms with van der Waals surface area (Å²) < 4.78 is 10.5. The first-order chi connectivity index (χ1) is 19.8. The van der Waals surface area contributed by atoms with Crippen molar-refractivity contribution in [2.24, 2.45) is 5.73 Å². The topological polar surface area (TPSA) is 184 Å². The Kier molecular flexibility index (Phi) is 10.6. The molecule has 4 amide bonds. The van der Waals surface area contributed by atoms with E-state index in [9.17, 15) is 24.0 Å². The molecule has 13 heteroatoms. The van der Waals surface area contributed by atoms with Crippen molar-refractivity contribution in [3.8, 4) is 0 Å². The smallest absolute Gasteiger partial charge is 0.407 e. The number of amides is 4. The molecule has 2 aromatic rings. The second-order valence-corrected chi connectivity index (χ2v) is 10.6. The summed E-state index contributed by atoms with van der Waals surface area (Å²) in [7, 11) is 0. The summed E-state index contributed by atoms with van der Waals surface area (Å²) in [6, 6.07) is 14.0. The number of rotatable bonds is 10. The van der Waals surface area contributed by atoms with Crippen LogP contribution in [-0.4, -0.2) is 83.2 Å². The molecule has 13 nitrogen and oxygen atoms in total. The molecule has 0 bridgehead atoms. The third-order valence-electron chi connectivity index (χ3n) is 6.10. The fraction of sp³-hybridized carbons (Fsp3) is 0.379. The van der Waals surface area contributed by atoms with E-state index in [0.29, 0.717) is 11.3 Å². The molecule has 0 saturated carbocycles. The van der Waals surface area contributed by atoms with Crippen LogP contribution in [0.2, 0.25) is 0 Å². The molecule has 1 saturated heterocycles. The number of nitrogens with zero attached hydrogens (tertiary/aromatic N) is 2. The summed E-state index contributed by atoms with van der Waals surface area (Å²) in [6.45, 7) is 4.39. The highest BCUT2D eigenvalue weighted by Crippen LogP contribution is 2.18. The molecule has 2 aromatic carbocycles. The lowest BCUT2D eigenvalue weighted by Crippen LogP contribution is -2.61. The normalized spacial score (nSPS) is 15.0. The number of carbonyl (C=O) groups is 5. The number of amidine groups is 1. The Balaban J connectivity index is 1.67. The lowest BCUT2D eigenvalue weighted by molar-refractivity contribution is -0.163. The van der Waals surface area contributed by atoms with Crippen LogP contribution in [0.5, 0.6) is 0 Å². The van der Waals surface area contributed by atoms with Crippen LogP contribution < -0.4 is 16.4 Å². The Hall–Kier alpha value is -4.94. The monoisotopic (exact) mass is 580 g/mol. The van der Waals surface area contributed by atoms with Gasteiger partial charge in [0.15, 0.2) is 0 Å². The van der Waals surface area contributed by atoms with Crippen LogP contribution in [0.15, 0.2) is 54.6 Å². The third-order valence-corrected chi connectivity index (χ3v) is 6.10. The number of benzene rings is 2. The van der Waals surface area contributed by atoms with Gasteiger partial charge < -0.3 is 35.6 Å². The van der Waals surface area contributed by atoms with Gasteiger partial charge in [-0.2, -0.15) is 0 Å². The van der Waals surface area contributed by atoms with Crippen LogP contribution in [0, 0.1) is 5.41 Å². The van der Waals surface area contributed by atoms with Crippen LogP contribution in [-0.2, 0) is 35.3 Å². The van der Waals surface area contributed by atoms with E-state index in [1.807, 2.05) is 6.07 Å². The highest BCUT2D eigenvalue weighted by atomic mass is 16.6. The highest BCUT2D eigenvalue weighted by molar-refractivity contribution is 5.99. The number of nitrogens with one attached hydrogen (secondary N) is 3. The lowest BCUT2D eigenvalue weighted by Gasteiger charge is -2.40. The first-order valence-electron chi connectivity index (χ1n) is 13.3. The molecule has 1 aliphatic rings. The van der Waals surface area contributed by atoms with Gasteiger partial charge in [0.1, 0.15) is 37.2 Å². The maximum absolute atomic E-state index is 13.4. The van der Waals surface area contributed by atoms with E-state index < -0.39 is 54.4 Å². The SMILES string of the molecule is CC(C)(C)OC(=O)CN1CCN(C(=O)CNC(=O)OCc2ccccc2)C(CC(=O)Nc2ccc(C(=N)N)cc2)C1=O. The predicted molar refractivity (Wildman–Crippen MR) is 153 cm³/mol. The summed E-state index contributed by atoms with van der Waals surface area (Å²) in [4.78, 5) is 66.6. The molecule has 3 rings (SSSR count). The van der Waals surface area contributed by atoms with Crippen molar-refractivity contribution in [1.29, 1.82) is 5.41 Å². The van der Waals surface area contributed by atoms with Crippen molar-refractivity contribution in [1.82, 2.24) is 15.1 Å².